The van der Waals surface area contributed by atoms with Gasteiger partial charge >= 0.3 is 0 Å². The Kier molecular flexibility index (Phi) is 3.98. The Morgan fingerprint density at radius 2 is 2.00 bits per heavy atom. The summed E-state index contributed by atoms with van der Waals surface area (Å²) in [6, 6.07) is 17.1. The lowest BCUT2D eigenvalue weighted by Crippen LogP contribution is -2.41. The van der Waals surface area contributed by atoms with Crippen molar-refractivity contribution in [2.24, 2.45) is 0 Å². The molecule has 1 atom stereocenters. The molecule has 0 saturated carbocycles. The third-order valence-electron chi connectivity index (χ3n) is 4.20. The highest BCUT2D eigenvalue weighted by Crippen LogP contribution is 2.30. The summed E-state index contributed by atoms with van der Waals surface area (Å²) in [6.45, 7) is 0.214. The molecule has 0 bridgehead atoms. The maximum absolute atomic E-state index is 13.7. The molecule has 0 N–H and O–H groups in total. The van der Waals surface area contributed by atoms with Crippen LogP contribution in [0.25, 0.3) is 0 Å². The number of para-hydroxylation sites is 1. The average molecular weight is 337 g/mol. The van der Waals surface area contributed by atoms with Gasteiger partial charge in [-0.25, -0.2) is 4.39 Å². The van der Waals surface area contributed by atoms with E-state index in [2.05, 4.69) is 0 Å². The van der Waals surface area contributed by atoms with Crippen LogP contribution in [-0.2, 0) is 17.8 Å². The van der Waals surface area contributed by atoms with Gasteiger partial charge in [0.15, 0.2) is 6.10 Å². The van der Waals surface area contributed by atoms with E-state index >= 15 is 0 Å². The van der Waals surface area contributed by atoms with Gasteiger partial charge < -0.3 is 14.1 Å². The molecule has 0 spiro atoms. The molecule has 1 unspecified atom stereocenters. The lowest BCUT2D eigenvalue weighted by Gasteiger charge is -2.24. The lowest BCUT2D eigenvalue weighted by molar-refractivity contribution is -0.124. The third-order valence-corrected chi connectivity index (χ3v) is 4.20. The second kappa shape index (κ2) is 6.43. The summed E-state index contributed by atoms with van der Waals surface area (Å²) in [5.74, 6) is 0.717. The van der Waals surface area contributed by atoms with Crippen LogP contribution < -0.4 is 9.64 Å². The molecule has 4 nitrogen and oxygen atoms in total. The molecule has 1 aromatic heterocycles. The molecule has 1 aliphatic heterocycles. The number of furan rings is 1. The number of fused-ring (bicyclic) bond motifs is 1. The third kappa shape index (κ3) is 3.13. The molecule has 3 aromatic rings. The Morgan fingerprint density at radius 1 is 1.12 bits per heavy atom. The minimum Gasteiger partial charge on any atom is -0.480 e. The second-order valence-corrected chi connectivity index (χ2v) is 5.90. The molecule has 2 aromatic carbocycles. The minimum absolute atomic E-state index is 0.214. The maximum Gasteiger partial charge on any atom is 0.268 e. The fraction of sp³-hybridized carbons (Fsp3) is 0.150. The molecule has 2 heterocycles. The number of rotatable bonds is 4. The highest BCUT2D eigenvalue weighted by Gasteiger charge is 2.33. The van der Waals surface area contributed by atoms with E-state index in [0.29, 0.717) is 17.9 Å². The molecule has 0 radical (unpaired) electrons. The molecule has 0 saturated heterocycles. The van der Waals surface area contributed by atoms with Crippen LogP contribution in [0.15, 0.2) is 71.3 Å². The summed E-state index contributed by atoms with van der Waals surface area (Å²) >= 11 is 0. The summed E-state index contributed by atoms with van der Waals surface area (Å²) in [7, 11) is 0. The standard InChI is InChI=1S/C20H16FNO3/c21-15-6-3-7-16(12-15)22(13-17-8-4-10-24-17)20(23)19-11-14-5-1-2-9-18(14)25-19/h1-10,12,19H,11,13H2. The number of nitrogens with zero attached hydrogens (tertiary/aromatic N) is 1. The SMILES string of the molecule is O=C(C1Cc2ccccc2O1)N(Cc1ccco1)c1cccc(F)c1. The van der Waals surface area contributed by atoms with Crippen LogP contribution in [0.3, 0.4) is 0 Å². The van der Waals surface area contributed by atoms with Crippen LogP contribution in [-0.4, -0.2) is 12.0 Å². The van der Waals surface area contributed by atoms with Crippen LogP contribution in [0.5, 0.6) is 5.75 Å². The quantitative estimate of drug-likeness (QED) is 0.724. The Balaban J connectivity index is 1.63. The number of hydrogen-bond donors (Lipinski definition) is 0. The molecule has 4 rings (SSSR count). The molecule has 126 valence electrons. The molecule has 1 amide bonds. The summed E-state index contributed by atoms with van der Waals surface area (Å²) in [5.41, 5.74) is 1.47. The fourth-order valence-corrected chi connectivity index (χ4v) is 2.99. The zero-order valence-electron chi connectivity index (χ0n) is 13.4. The van der Waals surface area contributed by atoms with Crippen LogP contribution in [0.1, 0.15) is 11.3 Å². The zero-order chi connectivity index (χ0) is 17.2. The van der Waals surface area contributed by atoms with Gasteiger partial charge in [0.2, 0.25) is 0 Å². The predicted octanol–water partition coefficient (Wildman–Crippen LogP) is 3.96. The number of halogens is 1. The van der Waals surface area contributed by atoms with Gasteiger partial charge in [0.05, 0.1) is 12.8 Å². The molecular formula is C20H16FNO3. The van der Waals surface area contributed by atoms with Gasteiger partial charge in [-0.2, -0.15) is 0 Å². The van der Waals surface area contributed by atoms with Gasteiger partial charge in [0, 0.05) is 12.1 Å². The number of anilines is 1. The zero-order valence-corrected chi connectivity index (χ0v) is 13.4. The van der Waals surface area contributed by atoms with Crippen LogP contribution in [0.2, 0.25) is 0 Å². The van der Waals surface area contributed by atoms with Crippen molar-refractivity contribution in [1.82, 2.24) is 0 Å². The first kappa shape index (κ1) is 15.4. The number of carbonyl (C=O) groups excluding carboxylic acids is 1. The maximum atomic E-state index is 13.7. The summed E-state index contributed by atoms with van der Waals surface area (Å²) < 4.78 is 24.8. The van der Waals surface area contributed by atoms with Gasteiger partial charge in [0.1, 0.15) is 17.3 Å². The first-order valence-electron chi connectivity index (χ1n) is 8.04. The van der Waals surface area contributed by atoms with E-state index in [0.717, 1.165) is 11.3 Å². The number of hydrogen-bond acceptors (Lipinski definition) is 3. The van der Waals surface area contributed by atoms with Crippen molar-refractivity contribution in [3.63, 3.8) is 0 Å². The highest BCUT2D eigenvalue weighted by atomic mass is 19.1. The molecule has 0 fully saturated rings. The van der Waals surface area contributed by atoms with Crippen molar-refractivity contribution >= 4 is 11.6 Å². The van der Waals surface area contributed by atoms with Crippen LogP contribution >= 0.6 is 0 Å². The summed E-state index contributed by atoms with van der Waals surface area (Å²) in [5, 5.41) is 0. The summed E-state index contributed by atoms with van der Waals surface area (Å²) in [6.07, 6.45) is 1.42. The Labute approximate surface area is 144 Å². The van der Waals surface area contributed by atoms with Gasteiger partial charge in [-0.1, -0.05) is 24.3 Å². The molecule has 0 aliphatic carbocycles. The van der Waals surface area contributed by atoms with E-state index in [9.17, 15) is 9.18 Å². The fourth-order valence-electron chi connectivity index (χ4n) is 2.99. The van der Waals surface area contributed by atoms with Crippen molar-refractivity contribution < 1.29 is 18.3 Å². The van der Waals surface area contributed by atoms with Crippen molar-refractivity contribution in [1.29, 1.82) is 0 Å². The normalized spacial score (nSPS) is 15.5. The Hall–Kier alpha value is -3.08. The van der Waals surface area contributed by atoms with E-state index in [4.69, 9.17) is 9.15 Å². The van der Waals surface area contributed by atoms with E-state index in [1.807, 2.05) is 24.3 Å². The summed E-state index contributed by atoms with van der Waals surface area (Å²) in [4.78, 5) is 14.6. The topological polar surface area (TPSA) is 42.7 Å². The molecule has 1 aliphatic rings. The van der Waals surface area contributed by atoms with E-state index in [-0.39, 0.29) is 12.5 Å². The lowest BCUT2D eigenvalue weighted by atomic mass is 10.1. The van der Waals surface area contributed by atoms with Gasteiger partial charge in [-0.3, -0.25) is 4.79 Å². The monoisotopic (exact) mass is 337 g/mol. The minimum atomic E-state index is -0.629. The predicted molar refractivity (Wildman–Crippen MR) is 90.9 cm³/mol. The average Bonchev–Trinajstić information content (AvgIpc) is 3.28. The van der Waals surface area contributed by atoms with Gasteiger partial charge in [-0.15, -0.1) is 0 Å². The van der Waals surface area contributed by atoms with Crippen molar-refractivity contribution in [3.05, 3.63) is 84.1 Å². The second-order valence-electron chi connectivity index (χ2n) is 5.90. The van der Waals surface area contributed by atoms with Crippen molar-refractivity contribution in [3.8, 4) is 5.75 Å². The first-order chi connectivity index (χ1) is 12.2. The van der Waals surface area contributed by atoms with Crippen LogP contribution in [0.4, 0.5) is 10.1 Å². The van der Waals surface area contributed by atoms with E-state index in [1.54, 1.807) is 30.5 Å². The Morgan fingerprint density at radius 3 is 2.76 bits per heavy atom. The van der Waals surface area contributed by atoms with Gasteiger partial charge in [-0.05, 0) is 42.0 Å². The van der Waals surface area contributed by atoms with E-state index in [1.165, 1.54) is 17.0 Å². The van der Waals surface area contributed by atoms with Gasteiger partial charge in [0.25, 0.3) is 5.91 Å². The Bertz CT molecular complexity index is 866. The molecule has 5 heteroatoms. The molecular weight excluding hydrogens is 321 g/mol. The molecule has 25 heavy (non-hydrogen) atoms. The highest BCUT2D eigenvalue weighted by molar-refractivity contribution is 5.97. The number of amides is 1. The van der Waals surface area contributed by atoms with Crippen molar-refractivity contribution in [2.45, 2.75) is 19.1 Å². The largest absolute Gasteiger partial charge is 0.480 e. The van der Waals surface area contributed by atoms with Crippen LogP contribution in [0, 0.1) is 5.82 Å². The number of carbonyl (C=O) groups is 1. The van der Waals surface area contributed by atoms with E-state index < -0.39 is 11.9 Å². The first-order valence-corrected chi connectivity index (χ1v) is 8.04. The number of ether oxygens (including phenoxy) is 1. The van der Waals surface area contributed by atoms with Crippen molar-refractivity contribution in [2.75, 3.05) is 4.90 Å². The smallest absolute Gasteiger partial charge is 0.268 e. The number of benzene rings is 2.